The predicted octanol–water partition coefficient (Wildman–Crippen LogP) is 3.66. The number of benzene rings is 1. The third kappa shape index (κ3) is 5.92. The highest BCUT2D eigenvalue weighted by Gasteiger charge is 2.29. The number of ether oxygens (including phenoxy) is 1. The highest BCUT2D eigenvalue weighted by atomic mass is 16.6. The number of hydrogen-bond donors (Lipinski definition) is 1. The van der Waals surface area contributed by atoms with Crippen molar-refractivity contribution in [2.75, 3.05) is 38.6 Å². The molecule has 0 saturated carbocycles. The Morgan fingerprint density at radius 2 is 1.96 bits per heavy atom. The molecule has 140 valence electrons. The van der Waals surface area contributed by atoms with Crippen LogP contribution < -0.4 is 10.2 Å². The lowest BCUT2D eigenvalue weighted by atomic mass is 10.1. The van der Waals surface area contributed by atoms with Crippen LogP contribution >= 0.6 is 0 Å². The summed E-state index contributed by atoms with van der Waals surface area (Å²) in [6.07, 6.45) is 0.834. The molecule has 1 N–H and O–H groups in total. The third-order valence-electron chi connectivity index (χ3n) is 4.56. The summed E-state index contributed by atoms with van der Waals surface area (Å²) in [5.74, 6) is 0.482. The molecule has 2 rings (SSSR count). The molecule has 0 aliphatic carbocycles. The van der Waals surface area contributed by atoms with E-state index in [1.165, 1.54) is 11.3 Å². The van der Waals surface area contributed by atoms with Gasteiger partial charge in [0.25, 0.3) is 0 Å². The number of nitrogens with zero attached hydrogens (tertiary/aromatic N) is 2. The Labute approximate surface area is 152 Å². The number of anilines is 1. The molecule has 0 aromatic heterocycles. The largest absolute Gasteiger partial charge is 0.444 e. The molecule has 1 saturated heterocycles. The van der Waals surface area contributed by atoms with Crippen LogP contribution in [0.4, 0.5) is 10.5 Å². The number of hydrogen-bond acceptors (Lipinski definition) is 4. The zero-order valence-electron chi connectivity index (χ0n) is 16.5. The average molecular weight is 348 g/mol. The topological polar surface area (TPSA) is 44.8 Å². The van der Waals surface area contributed by atoms with Crippen molar-refractivity contribution in [1.29, 1.82) is 0 Å². The van der Waals surface area contributed by atoms with E-state index in [4.69, 9.17) is 4.74 Å². The first-order chi connectivity index (χ1) is 11.7. The molecule has 2 unspecified atom stereocenters. The summed E-state index contributed by atoms with van der Waals surface area (Å²) in [6.45, 7) is 10.4. The molecule has 1 fully saturated rings. The maximum Gasteiger partial charge on any atom is 0.410 e. The van der Waals surface area contributed by atoms with E-state index in [9.17, 15) is 4.79 Å². The summed E-state index contributed by atoms with van der Waals surface area (Å²) in [6, 6.07) is 8.94. The Kier molecular flexibility index (Phi) is 6.33. The van der Waals surface area contributed by atoms with Gasteiger partial charge in [0.1, 0.15) is 5.60 Å². The number of rotatable bonds is 5. The minimum absolute atomic E-state index is 0.192. The molecular weight excluding hydrogens is 314 g/mol. The van der Waals surface area contributed by atoms with Crippen molar-refractivity contribution in [2.45, 2.75) is 45.8 Å². The van der Waals surface area contributed by atoms with Gasteiger partial charge in [-0.2, -0.15) is 0 Å². The van der Waals surface area contributed by atoms with E-state index in [0.29, 0.717) is 12.0 Å². The molecule has 1 aromatic rings. The lowest BCUT2D eigenvalue weighted by Gasteiger charge is -2.24. The van der Waals surface area contributed by atoms with Crippen molar-refractivity contribution < 1.29 is 9.53 Å². The van der Waals surface area contributed by atoms with Gasteiger partial charge in [0.2, 0.25) is 0 Å². The molecule has 1 aliphatic heterocycles. The number of amides is 1. The first kappa shape index (κ1) is 19.6. The first-order valence-corrected chi connectivity index (χ1v) is 9.14. The number of carbonyl (C=O) groups is 1. The van der Waals surface area contributed by atoms with Gasteiger partial charge in [-0.3, -0.25) is 0 Å². The zero-order valence-corrected chi connectivity index (χ0v) is 16.5. The highest BCUT2D eigenvalue weighted by molar-refractivity contribution is 5.68. The first-order valence-electron chi connectivity index (χ1n) is 9.14. The lowest BCUT2D eigenvalue weighted by Crippen LogP contribution is -2.36. The van der Waals surface area contributed by atoms with Gasteiger partial charge in [-0.25, -0.2) is 4.79 Å². The second-order valence-electron chi connectivity index (χ2n) is 8.20. The van der Waals surface area contributed by atoms with Crippen LogP contribution in [0.5, 0.6) is 0 Å². The molecule has 5 heteroatoms. The van der Waals surface area contributed by atoms with E-state index in [2.05, 4.69) is 41.4 Å². The molecule has 2 atom stereocenters. The second-order valence-corrected chi connectivity index (χ2v) is 8.20. The Bertz CT molecular complexity index is 563. The van der Waals surface area contributed by atoms with E-state index in [-0.39, 0.29) is 6.09 Å². The van der Waals surface area contributed by atoms with Gasteiger partial charge >= 0.3 is 6.09 Å². The Balaban J connectivity index is 1.79. The fraction of sp³-hybridized carbons (Fsp3) is 0.650. The summed E-state index contributed by atoms with van der Waals surface area (Å²) >= 11 is 0. The van der Waals surface area contributed by atoms with Crippen LogP contribution in [-0.4, -0.2) is 50.3 Å². The van der Waals surface area contributed by atoms with Crippen LogP contribution in [0.2, 0.25) is 0 Å². The predicted molar refractivity (Wildman–Crippen MR) is 103 cm³/mol. The fourth-order valence-corrected chi connectivity index (χ4v) is 3.01. The minimum atomic E-state index is -0.430. The minimum Gasteiger partial charge on any atom is -0.444 e. The lowest BCUT2D eigenvalue weighted by molar-refractivity contribution is 0.0288. The molecular formula is C20H33N3O2. The third-order valence-corrected chi connectivity index (χ3v) is 4.56. The standard InChI is InChI=1S/C20H33N3O2/c1-15(17-7-9-18(10-8-17)22(5)6)21-13-16-11-12-23(14-16)19(24)25-20(2,3)4/h7-10,15-16,21H,11-14H2,1-6H3. The summed E-state index contributed by atoms with van der Waals surface area (Å²) < 4.78 is 5.46. The number of nitrogens with one attached hydrogen (secondary N) is 1. The number of likely N-dealkylation sites (tertiary alicyclic amines) is 1. The second kappa shape index (κ2) is 8.09. The smallest absolute Gasteiger partial charge is 0.410 e. The Hall–Kier alpha value is -1.75. The van der Waals surface area contributed by atoms with Crippen LogP contribution in [0.3, 0.4) is 0 Å². The summed E-state index contributed by atoms with van der Waals surface area (Å²) in [4.78, 5) is 16.1. The van der Waals surface area contributed by atoms with Crippen LogP contribution in [0.1, 0.15) is 45.7 Å². The van der Waals surface area contributed by atoms with Crippen molar-refractivity contribution in [1.82, 2.24) is 10.2 Å². The molecule has 0 radical (unpaired) electrons. The molecule has 1 aromatic carbocycles. The van der Waals surface area contributed by atoms with Crippen molar-refractivity contribution in [3.8, 4) is 0 Å². The van der Waals surface area contributed by atoms with E-state index >= 15 is 0 Å². The summed E-state index contributed by atoms with van der Waals surface area (Å²) in [7, 11) is 4.10. The van der Waals surface area contributed by atoms with Crippen molar-refractivity contribution in [2.24, 2.45) is 5.92 Å². The molecule has 5 nitrogen and oxygen atoms in total. The molecule has 0 spiro atoms. The molecule has 1 heterocycles. The van der Waals surface area contributed by atoms with E-state index in [0.717, 1.165) is 26.1 Å². The summed E-state index contributed by atoms with van der Waals surface area (Å²) in [5, 5.41) is 3.60. The molecule has 1 amide bonds. The normalized spacial score (nSPS) is 19.0. The number of carbonyl (C=O) groups excluding carboxylic acids is 1. The van der Waals surface area contributed by atoms with Gasteiger partial charge in [-0.05, 0) is 57.7 Å². The maximum absolute atomic E-state index is 12.1. The quantitative estimate of drug-likeness (QED) is 0.883. The summed E-state index contributed by atoms with van der Waals surface area (Å²) in [5.41, 5.74) is 2.06. The zero-order chi connectivity index (χ0) is 18.6. The average Bonchev–Trinajstić information content (AvgIpc) is 3.00. The van der Waals surface area contributed by atoms with Crippen molar-refractivity contribution >= 4 is 11.8 Å². The van der Waals surface area contributed by atoms with Gasteiger partial charge in [0.05, 0.1) is 0 Å². The van der Waals surface area contributed by atoms with Crippen LogP contribution in [0, 0.1) is 5.92 Å². The fourth-order valence-electron chi connectivity index (χ4n) is 3.01. The van der Waals surface area contributed by atoms with Crippen molar-refractivity contribution in [3.05, 3.63) is 29.8 Å². The van der Waals surface area contributed by atoms with E-state index in [1.54, 1.807) is 0 Å². The Morgan fingerprint density at radius 3 is 2.52 bits per heavy atom. The molecule has 0 bridgehead atoms. The van der Waals surface area contributed by atoms with Gasteiger partial charge in [0, 0.05) is 45.5 Å². The maximum atomic E-state index is 12.1. The van der Waals surface area contributed by atoms with Gasteiger partial charge in [0.15, 0.2) is 0 Å². The van der Waals surface area contributed by atoms with Crippen LogP contribution in [-0.2, 0) is 4.74 Å². The van der Waals surface area contributed by atoms with Crippen LogP contribution in [0.25, 0.3) is 0 Å². The SMILES string of the molecule is CC(NCC1CCN(C(=O)OC(C)(C)C)C1)c1ccc(N(C)C)cc1. The van der Waals surface area contributed by atoms with Gasteiger partial charge < -0.3 is 19.9 Å². The molecule has 1 aliphatic rings. The van der Waals surface area contributed by atoms with Crippen molar-refractivity contribution in [3.63, 3.8) is 0 Å². The highest BCUT2D eigenvalue weighted by Crippen LogP contribution is 2.21. The Morgan fingerprint density at radius 1 is 1.32 bits per heavy atom. The van der Waals surface area contributed by atoms with Crippen LogP contribution in [0.15, 0.2) is 24.3 Å². The van der Waals surface area contributed by atoms with Gasteiger partial charge in [-0.1, -0.05) is 12.1 Å². The van der Waals surface area contributed by atoms with Gasteiger partial charge in [-0.15, -0.1) is 0 Å². The monoisotopic (exact) mass is 347 g/mol. The molecule has 25 heavy (non-hydrogen) atoms. The van der Waals surface area contributed by atoms with E-state index < -0.39 is 5.60 Å². The van der Waals surface area contributed by atoms with E-state index in [1.807, 2.05) is 39.8 Å².